The van der Waals surface area contributed by atoms with Crippen LogP contribution in [0.3, 0.4) is 0 Å². The fourth-order valence-corrected chi connectivity index (χ4v) is 4.47. The van der Waals surface area contributed by atoms with Gasteiger partial charge in [0, 0.05) is 47.3 Å². The number of nitro groups is 1. The number of methoxy groups -OCH3 is 1. The van der Waals surface area contributed by atoms with Crippen molar-refractivity contribution >= 4 is 40.7 Å². The molecule has 0 heterocycles. The van der Waals surface area contributed by atoms with Gasteiger partial charge in [-0.25, -0.2) is 0 Å². The Balaban J connectivity index is 1.96. The molecule has 0 spiro atoms. The molecule has 0 fully saturated rings. The SMILES string of the molecule is COc1cc(OCC(=O)N(Cc2c(Cl)cccc2Cl)[C@@H](Cc2ccccc2)C(=O)NCC(C)C)ccc1[N+](=O)[O-]. The Morgan fingerprint density at radius 1 is 1.02 bits per heavy atom. The summed E-state index contributed by atoms with van der Waals surface area (Å²) in [4.78, 5) is 39.3. The van der Waals surface area contributed by atoms with Crippen molar-refractivity contribution in [3.05, 3.63) is 98.0 Å². The third-order valence-corrected chi connectivity index (χ3v) is 6.76. The molecular formula is C29H31Cl2N3O6. The van der Waals surface area contributed by atoms with Gasteiger partial charge in [0.25, 0.3) is 5.91 Å². The maximum absolute atomic E-state index is 13.7. The van der Waals surface area contributed by atoms with E-state index in [1.54, 1.807) is 18.2 Å². The molecule has 11 heteroatoms. The molecular weight excluding hydrogens is 557 g/mol. The van der Waals surface area contributed by atoms with Crippen LogP contribution in [0.15, 0.2) is 66.7 Å². The minimum atomic E-state index is -0.906. The molecule has 1 N–H and O–H groups in total. The monoisotopic (exact) mass is 587 g/mol. The van der Waals surface area contributed by atoms with E-state index < -0.39 is 23.5 Å². The number of ether oxygens (including phenoxy) is 2. The highest BCUT2D eigenvalue weighted by molar-refractivity contribution is 6.36. The molecule has 212 valence electrons. The Kier molecular flexibility index (Phi) is 11.2. The number of amides is 2. The van der Waals surface area contributed by atoms with Crippen LogP contribution in [0.25, 0.3) is 0 Å². The summed E-state index contributed by atoms with van der Waals surface area (Å²) in [5.41, 5.74) is 1.11. The Bertz CT molecular complexity index is 1320. The van der Waals surface area contributed by atoms with Crippen molar-refractivity contribution in [3.8, 4) is 11.5 Å². The first-order valence-corrected chi connectivity index (χ1v) is 13.4. The predicted octanol–water partition coefficient (Wildman–Crippen LogP) is 5.70. The van der Waals surface area contributed by atoms with Gasteiger partial charge in [-0.15, -0.1) is 0 Å². The second-order valence-electron chi connectivity index (χ2n) is 9.45. The van der Waals surface area contributed by atoms with Crippen LogP contribution in [0.1, 0.15) is 25.0 Å². The topological polar surface area (TPSA) is 111 Å². The lowest BCUT2D eigenvalue weighted by atomic mass is 10.0. The second kappa shape index (κ2) is 14.5. The first kappa shape index (κ1) is 30.7. The van der Waals surface area contributed by atoms with Crippen LogP contribution >= 0.6 is 23.2 Å². The number of nitrogens with zero attached hydrogens (tertiary/aromatic N) is 2. The van der Waals surface area contributed by atoms with Gasteiger partial charge in [0.2, 0.25) is 11.7 Å². The van der Waals surface area contributed by atoms with Gasteiger partial charge in [-0.1, -0.05) is 73.4 Å². The molecule has 3 aromatic rings. The Labute approximate surface area is 243 Å². The van der Waals surface area contributed by atoms with E-state index in [2.05, 4.69) is 5.32 Å². The molecule has 2 amide bonds. The van der Waals surface area contributed by atoms with Crippen LogP contribution in [0.5, 0.6) is 11.5 Å². The maximum Gasteiger partial charge on any atom is 0.311 e. The third kappa shape index (κ3) is 8.34. The molecule has 0 saturated carbocycles. The molecule has 9 nitrogen and oxygen atoms in total. The van der Waals surface area contributed by atoms with Crippen LogP contribution in [0, 0.1) is 16.0 Å². The van der Waals surface area contributed by atoms with Crippen molar-refractivity contribution in [2.45, 2.75) is 32.9 Å². The molecule has 0 unspecified atom stereocenters. The zero-order valence-electron chi connectivity index (χ0n) is 22.4. The summed E-state index contributed by atoms with van der Waals surface area (Å²) in [6.07, 6.45) is 0.240. The summed E-state index contributed by atoms with van der Waals surface area (Å²) in [7, 11) is 1.30. The molecule has 0 aliphatic rings. The molecule has 0 aliphatic carbocycles. The zero-order chi connectivity index (χ0) is 29.2. The van der Waals surface area contributed by atoms with Crippen LogP contribution in [-0.2, 0) is 22.6 Å². The summed E-state index contributed by atoms with van der Waals surface area (Å²) < 4.78 is 10.8. The molecule has 40 heavy (non-hydrogen) atoms. The highest BCUT2D eigenvalue weighted by atomic mass is 35.5. The summed E-state index contributed by atoms with van der Waals surface area (Å²) in [5.74, 6) is -0.455. The van der Waals surface area contributed by atoms with Gasteiger partial charge in [-0.2, -0.15) is 0 Å². The number of nitrogens with one attached hydrogen (secondary N) is 1. The van der Waals surface area contributed by atoms with E-state index in [0.717, 1.165) is 5.56 Å². The fraction of sp³-hybridized carbons (Fsp3) is 0.310. The average Bonchev–Trinajstić information content (AvgIpc) is 2.93. The van der Waals surface area contributed by atoms with E-state index in [1.807, 2.05) is 44.2 Å². The summed E-state index contributed by atoms with van der Waals surface area (Å²) in [5, 5.41) is 14.9. The number of carbonyl (C=O) groups is 2. The summed E-state index contributed by atoms with van der Waals surface area (Å²) in [6, 6.07) is 17.4. The quantitative estimate of drug-likeness (QED) is 0.203. The molecule has 0 aromatic heterocycles. The molecule has 3 rings (SSSR count). The predicted molar refractivity (Wildman–Crippen MR) is 154 cm³/mol. The number of halogens is 2. The highest BCUT2D eigenvalue weighted by Crippen LogP contribution is 2.31. The minimum Gasteiger partial charge on any atom is -0.490 e. The molecule has 3 aromatic carbocycles. The second-order valence-corrected chi connectivity index (χ2v) is 10.3. The van der Waals surface area contributed by atoms with Crippen molar-refractivity contribution in [2.24, 2.45) is 5.92 Å². The van der Waals surface area contributed by atoms with Crippen LogP contribution < -0.4 is 14.8 Å². The van der Waals surface area contributed by atoms with E-state index in [-0.39, 0.29) is 42.0 Å². The molecule has 0 radical (unpaired) electrons. The van der Waals surface area contributed by atoms with Gasteiger partial charge in [-0.3, -0.25) is 19.7 Å². The highest BCUT2D eigenvalue weighted by Gasteiger charge is 2.32. The first-order chi connectivity index (χ1) is 19.1. The van der Waals surface area contributed by atoms with Crippen LogP contribution in [-0.4, -0.2) is 47.9 Å². The Morgan fingerprint density at radius 3 is 2.30 bits per heavy atom. The van der Waals surface area contributed by atoms with Crippen molar-refractivity contribution < 1.29 is 24.0 Å². The molecule has 0 bridgehead atoms. The van der Waals surface area contributed by atoms with Crippen LogP contribution in [0.4, 0.5) is 5.69 Å². The average molecular weight is 588 g/mol. The zero-order valence-corrected chi connectivity index (χ0v) is 23.9. The smallest absolute Gasteiger partial charge is 0.311 e. The minimum absolute atomic E-state index is 0.00956. The van der Waals surface area contributed by atoms with Crippen molar-refractivity contribution in [1.82, 2.24) is 10.2 Å². The van der Waals surface area contributed by atoms with Crippen molar-refractivity contribution in [1.29, 1.82) is 0 Å². The Morgan fingerprint density at radius 2 is 1.70 bits per heavy atom. The lowest BCUT2D eigenvalue weighted by Crippen LogP contribution is -2.52. The van der Waals surface area contributed by atoms with Gasteiger partial charge in [0.1, 0.15) is 11.8 Å². The summed E-state index contributed by atoms with van der Waals surface area (Å²) in [6.45, 7) is 3.89. The van der Waals surface area contributed by atoms with E-state index >= 15 is 0 Å². The number of carbonyl (C=O) groups excluding carboxylic acids is 2. The van der Waals surface area contributed by atoms with Crippen molar-refractivity contribution in [3.63, 3.8) is 0 Å². The van der Waals surface area contributed by atoms with E-state index in [4.69, 9.17) is 32.7 Å². The lowest BCUT2D eigenvalue weighted by Gasteiger charge is -2.32. The standard InChI is InChI=1S/C29H31Cl2N3O6/c1-19(2)16-32-29(36)26(14-20-8-5-4-6-9-20)33(17-22-23(30)10-7-11-24(22)31)28(35)18-40-21-12-13-25(34(37)38)27(15-21)39-3/h4-13,15,19,26H,14,16-18H2,1-3H3,(H,32,36)/t26-/m0/s1. The van der Waals surface area contributed by atoms with Gasteiger partial charge < -0.3 is 19.7 Å². The number of hydrogen-bond donors (Lipinski definition) is 1. The maximum atomic E-state index is 13.7. The van der Waals surface area contributed by atoms with Crippen molar-refractivity contribution in [2.75, 3.05) is 20.3 Å². The van der Waals surface area contributed by atoms with E-state index in [0.29, 0.717) is 22.2 Å². The largest absolute Gasteiger partial charge is 0.490 e. The van der Waals surface area contributed by atoms with E-state index in [1.165, 1.54) is 30.2 Å². The number of hydrogen-bond acceptors (Lipinski definition) is 6. The summed E-state index contributed by atoms with van der Waals surface area (Å²) >= 11 is 12.9. The third-order valence-electron chi connectivity index (χ3n) is 6.06. The number of rotatable bonds is 13. The van der Waals surface area contributed by atoms with Gasteiger partial charge in [0.15, 0.2) is 6.61 Å². The number of benzene rings is 3. The molecule has 0 aliphatic heterocycles. The van der Waals surface area contributed by atoms with Gasteiger partial charge in [-0.05, 0) is 29.7 Å². The number of nitro benzene ring substituents is 1. The van der Waals surface area contributed by atoms with Gasteiger partial charge >= 0.3 is 5.69 Å². The Hall–Kier alpha value is -3.82. The molecule has 1 atom stereocenters. The van der Waals surface area contributed by atoms with E-state index in [9.17, 15) is 19.7 Å². The molecule has 0 saturated heterocycles. The lowest BCUT2D eigenvalue weighted by molar-refractivity contribution is -0.385. The normalized spacial score (nSPS) is 11.6. The van der Waals surface area contributed by atoms with Gasteiger partial charge in [0.05, 0.1) is 12.0 Å². The fourth-order valence-electron chi connectivity index (χ4n) is 3.96. The van der Waals surface area contributed by atoms with Crippen LogP contribution in [0.2, 0.25) is 10.0 Å². The first-order valence-electron chi connectivity index (χ1n) is 12.6.